The van der Waals surface area contributed by atoms with E-state index in [-0.39, 0.29) is 24.1 Å². The molecule has 0 saturated heterocycles. The highest BCUT2D eigenvalue weighted by Gasteiger charge is 2.18. The van der Waals surface area contributed by atoms with Gasteiger partial charge in [0, 0.05) is 12.1 Å². The summed E-state index contributed by atoms with van der Waals surface area (Å²) in [6, 6.07) is 9.12. The second-order valence-electron chi connectivity index (χ2n) is 5.94. The van der Waals surface area contributed by atoms with E-state index in [1.807, 2.05) is 52.0 Å². The molecule has 1 rings (SSSR count). The normalized spacial score (nSPS) is 12.3. The Bertz CT molecular complexity index is 515. The van der Waals surface area contributed by atoms with Gasteiger partial charge in [-0.2, -0.15) is 5.26 Å². The fourth-order valence-electron chi connectivity index (χ4n) is 1.70. The molecule has 0 spiro atoms. The molecule has 0 aromatic heterocycles. The van der Waals surface area contributed by atoms with E-state index in [0.717, 1.165) is 5.56 Å². The van der Waals surface area contributed by atoms with Crippen molar-refractivity contribution in [1.29, 1.82) is 5.26 Å². The molecule has 0 aliphatic heterocycles. The molecule has 1 aromatic carbocycles. The zero-order valence-corrected chi connectivity index (χ0v) is 13.1. The average molecular weight is 289 g/mol. The van der Waals surface area contributed by atoms with Gasteiger partial charge in [-0.25, -0.2) is 0 Å². The Morgan fingerprint density at radius 3 is 2.76 bits per heavy atom. The minimum Gasteiger partial charge on any atom is -0.479 e. The first-order chi connectivity index (χ1) is 9.81. The van der Waals surface area contributed by atoms with Crippen LogP contribution in [0.25, 0.3) is 0 Å². The average Bonchev–Trinajstić information content (AvgIpc) is 2.41. The van der Waals surface area contributed by atoms with E-state index in [4.69, 9.17) is 10.00 Å². The van der Waals surface area contributed by atoms with Gasteiger partial charge in [-0.3, -0.25) is 4.79 Å². The molecule has 0 heterocycles. The highest BCUT2D eigenvalue weighted by molar-refractivity contribution is 5.81. The number of nitrogens with zero attached hydrogens (tertiary/aromatic N) is 1. The van der Waals surface area contributed by atoms with Crippen LogP contribution in [0, 0.1) is 11.3 Å². The quantitative estimate of drug-likeness (QED) is 0.840. The zero-order chi connectivity index (χ0) is 15.9. The number of nitriles is 1. The van der Waals surface area contributed by atoms with E-state index in [1.54, 1.807) is 6.07 Å². The topological polar surface area (TPSA) is 74.1 Å². The van der Waals surface area contributed by atoms with E-state index in [1.165, 1.54) is 0 Å². The molecule has 1 unspecified atom stereocenters. The summed E-state index contributed by atoms with van der Waals surface area (Å²) in [5.41, 5.74) is 0.763. The van der Waals surface area contributed by atoms with Gasteiger partial charge >= 0.3 is 0 Å². The molecule has 0 fully saturated rings. The predicted octanol–water partition coefficient (Wildman–Crippen LogP) is 1.98. The van der Waals surface area contributed by atoms with Crippen LogP contribution in [0.5, 0.6) is 5.75 Å². The van der Waals surface area contributed by atoms with Crippen LogP contribution >= 0.6 is 0 Å². The van der Waals surface area contributed by atoms with E-state index in [2.05, 4.69) is 10.6 Å². The van der Waals surface area contributed by atoms with Gasteiger partial charge < -0.3 is 15.4 Å². The fraction of sp³-hybridized carbons (Fsp3) is 0.500. The Hall–Kier alpha value is -2.06. The second-order valence-corrected chi connectivity index (χ2v) is 5.94. The number of carbonyl (C=O) groups is 1. The van der Waals surface area contributed by atoms with E-state index < -0.39 is 0 Å². The van der Waals surface area contributed by atoms with Crippen molar-refractivity contribution >= 4 is 5.91 Å². The summed E-state index contributed by atoms with van der Waals surface area (Å²) in [5, 5.41) is 14.6. The maximum Gasteiger partial charge on any atom is 0.237 e. The third-order valence-electron chi connectivity index (χ3n) is 2.71. The summed E-state index contributed by atoms with van der Waals surface area (Å²) in [6.07, 6.45) is 0. The molecule has 2 N–H and O–H groups in total. The molecule has 0 aliphatic carbocycles. The lowest BCUT2D eigenvalue weighted by Crippen LogP contribution is -2.49. The van der Waals surface area contributed by atoms with Gasteiger partial charge in [0.2, 0.25) is 5.91 Å². The van der Waals surface area contributed by atoms with Gasteiger partial charge in [0.1, 0.15) is 11.8 Å². The molecular formula is C16H23N3O2. The molecule has 5 nitrogen and oxygen atoms in total. The minimum atomic E-state index is -0.284. The summed E-state index contributed by atoms with van der Waals surface area (Å²) in [5.74, 6) is 0.627. The maximum absolute atomic E-state index is 12.0. The summed E-state index contributed by atoms with van der Waals surface area (Å²) >= 11 is 0. The molecule has 1 amide bonds. The number of hydrogen-bond acceptors (Lipinski definition) is 4. The number of ether oxygens (including phenoxy) is 1. The first-order valence-corrected chi connectivity index (χ1v) is 6.96. The number of hydrogen-bond donors (Lipinski definition) is 2. The smallest absolute Gasteiger partial charge is 0.237 e. The van der Waals surface area contributed by atoms with Gasteiger partial charge in [-0.15, -0.1) is 0 Å². The van der Waals surface area contributed by atoms with Gasteiger partial charge in [-0.05, 0) is 45.4 Å². The first kappa shape index (κ1) is 17.0. The molecule has 1 aromatic rings. The highest BCUT2D eigenvalue weighted by atomic mass is 16.5. The van der Waals surface area contributed by atoms with Crippen molar-refractivity contribution in [2.24, 2.45) is 0 Å². The Balaban J connectivity index is 2.51. The molecule has 0 bridgehead atoms. The predicted molar refractivity (Wildman–Crippen MR) is 81.7 cm³/mol. The largest absolute Gasteiger partial charge is 0.479 e. The van der Waals surface area contributed by atoms with Crippen molar-refractivity contribution < 1.29 is 9.53 Å². The van der Waals surface area contributed by atoms with E-state index >= 15 is 0 Å². The Kier molecular flexibility index (Phi) is 6.19. The van der Waals surface area contributed by atoms with Crippen molar-refractivity contribution in [3.8, 4) is 11.8 Å². The lowest BCUT2D eigenvalue weighted by Gasteiger charge is -2.23. The van der Waals surface area contributed by atoms with Crippen molar-refractivity contribution in [1.82, 2.24) is 10.6 Å². The third kappa shape index (κ3) is 6.77. The van der Waals surface area contributed by atoms with E-state index in [9.17, 15) is 4.79 Å². The zero-order valence-electron chi connectivity index (χ0n) is 13.1. The number of nitrogens with one attached hydrogen (secondary N) is 2. The minimum absolute atomic E-state index is 0.0283. The monoisotopic (exact) mass is 289 g/mol. The van der Waals surface area contributed by atoms with Gasteiger partial charge in [0.05, 0.1) is 6.04 Å². The van der Waals surface area contributed by atoms with Crippen LogP contribution < -0.4 is 15.4 Å². The number of rotatable bonds is 6. The van der Waals surface area contributed by atoms with Gasteiger partial charge in [-0.1, -0.05) is 12.1 Å². The summed E-state index contributed by atoms with van der Waals surface area (Å²) in [6.45, 7) is 8.27. The molecule has 0 radical (unpaired) electrons. The van der Waals surface area contributed by atoms with Crippen molar-refractivity contribution in [3.63, 3.8) is 0 Å². The van der Waals surface area contributed by atoms with Crippen molar-refractivity contribution in [3.05, 3.63) is 29.8 Å². The standard InChI is InChI=1S/C16H23N3O2/c1-12(15(20)19-16(2,3)4)18-11-13-6-5-7-14(10-13)21-9-8-17/h5-7,10,12,18H,9,11H2,1-4H3,(H,19,20). The number of carbonyl (C=O) groups excluding carboxylic acids is 1. The summed E-state index contributed by atoms with van der Waals surface area (Å²) in [7, 11) is 0. The third-order valence-corrected chi connectivity index (χ3v) is 2.71. The number of amides is 1. The summed E-state index contributed by atoms with van der Waals surface area (Å²) < 4.78 is 5.25. The SMILES string of the molecule is CC(NCc1cccc(OCC#N)c1)C(=O)NC(C)(C)C. The van der Waals surface area contributed by atoms with Crippen LogP contribution in [0.15, 0.2) is 24.3 Å². The summed E-state index contributed by atoms with van der Waals surface area (Å²) in [4.78, 5) is 12.0. The molecular weight excluding hydrogens is 266 g/mol. The Morgan fingerprint density at radius 2 is 2.14 bits per heavy atom. The molecule has 5 heteroatoms. The van der Waals surface area contributed by atoms with Crippen LogP contribution in [0.2, 0.25) is 0 Å². The van der Waals surface area contributed by atoms with Crippen LogP contribution in [-0.2, 0) is 11.3 Å². The molecule has 0 saturated carbocycles. The van der Waals surface area contributed by atoms with E-state index in [0.29, 0.717) is 12.3 Å². The fourth-order valence-corrected chi connectivity index (χ4v) is 1.70. The maximum atomic E-state index is 12.0. The van der Waals surface area contributed by atoms with Gasteiger partial charge in [0.25, 0.3) is 0 Å². The lowest BCUT2D eigenvalue weighted by molar-refractivity contribution is -0.124. The van der Waals surface area contributed by atoms with Crippen LogP contribution in [0.4, 0.5) is 0 Å². The molecule has 21 heavy (non-hydrogen) atoms. The lowest BCUT2D eigenvalue weighted by atomic mass is 10.1. The second kappa shape index (κ2) is 7.65. The Labute approximate surface area is 126 Å². The van der Waals surface area contributed by atoms with Crippen molar-refractivity contribution in [2.45, 2.75) is 45.8 Å². The van der Waals surface area contributed by atoms with Crippen molar-refractivity contribution in [2.75, 3.05) is 6.61 Å². The highest BCUT2D eigenvalue weighted by Crippen LogP contribution is 2.13. The Morgan fingerprint density at radius 1 is 1.43 bits per heavy atom. The molecule has 1 atom stereocenters. The molecule has 114 valence electrons. The van der Waals surface area contributed by atoms with Crippen LogP contribution in [-0.4, -0.2) is 24.1 Å². The first-order valence-electron chi connectivity index (χ1n) is 6.96. The molecule has 0 aliphatic rings. The number of benzene rings is 1. The van der Waals surface area contributed by atoms with Crippen LogP contribution in [0.1, 0.15) is 33.3 Å². The van der Waals surface area contributed by atoms with Crippen LogP contribution in [0.3, 0.4) is 0 Å². The van der Waals surface area contributed by atoms with Gasteiger partial charge in [0.15, 0.2) is 6.61 Å².